The van der Waals surface area contributed by atoms with E-state index in [0.29, 0.717) is 12.5 Å². The molecule has 30 heavy (non-hydrogen) atoms. The van der Waals surface area contributed by atoms with Crippen LogP contribution in [-0.4, -0.2) is 60.9 Å². The van der Waals surface area contributed by atoms with Crippen molar-refractivity contribution in [2.45, 2.75) is 63.5 Å². The quantitative estimate of drug-likeness (QED) is 0.739. The van der Waals surface area contributed by atoms with Crippen LogP contribution in [0.2, 0.25) is 0 Å². The zero-order valence-electron chi connectivity index (χ0n) is 18.1. The van der Waals surface area contributed by atoms with E-state index in [1.807, 2.05) is 36.2 Å². The van der Waals surface area contributed by atoms with Crippen molar-refractivity contribution in [3.63, 3.8) is 0 Å². The maximum absolute atomic E-state index is 13.1. The summed E-state index contributed by atoms with van der Waals surface area (Å²) in [6.45, 7) is 1.87. The second-order valence-corrected chi connectivity index (χ2v) is 8.97. The second-order valence-electron chi connectivity index (χ2n) is 8.97. The van der Waals surface area contributed by atoms with Gasteiger partial charge in [-0.25, -0.2) is 0 Å². The van der Waals surface area contributed by atoms with Crippen LogP contribution in [0.25, 0.3) is 0 Å². The molecular formula is C24H32N4O2. The van der Waals surface area contributed by atoms with Crippen molar-refractivity contribution in [1.29, 1.82) is 0 Å². The zero-order valence-corrected chi connectivity index (χ0v) is 18.1. The van der Waals surface area contributed by atoms with Crippen molar-refractivity contribution in [3.05, 3.63) is 46.5 Å². The van der Waals surface area contributed by atoms with Gasteiger partial charge in [0.15, 0.2) is 0 Å². The van der Waals surface area contributed by atoms with Crippen molar-refractivity contribution in [2.75, 3.05) is 27.2 Å². The van der Waals surface area contributed by atoms with E-state index in [2.05, 4.69) is 22.2 Å². The van der Waals surface area contributed by atoms with Gasteiger partial charge in [-0.2, -0.15) is 5.11 Å². The highest BCUT2D eigenvalue weighted by atomic mass is 16.2. The Morgan fingerprint density at radius 1 is 1.20 bits per heavy atom. The number of carbonyl (C=O) groups is 2. The molecule has 0 N–H and O–H groups in total. The summed E-state index contributed by atoms with van der Waals surface area (Å²) in [6, 6.07) is 8.23. The van der Waals surface area contributed by atoms with E-state index in [-0.39, 0.29) is 17.9 Å². The third-order valence-electron chi connectivity index (χ3n) is 6.81. The summed E-state index contributed by atoms with van der Waals surface area (Å²) in [6.07, 6.45) is 8.24. The fourth-order valence-electron chi connectivity index (χ4n) is 5.01. The smallest absolute Gasteiger partial charge is 0.291 e. The maximum Gasteiger partial charge on any atom is 0.291 e. The van der Waals surface area contributed by atoms with E-state index in [1.54, 1.807) is 0 Å². The number of amides is 2. The molecule has 0 spiro atoms. The first-order valence-electron chi connectivity index (χ1n) is 11.2. The molecule has 2 heterocycles. The van der Waals surface area contributed by atoms with E-state index in [0.717, 1.165) is 67.5 Å². The molecule has 2 amide bonds. The highest BCUT2D eigenvalue weighted by molar-refractivity contribution is 5.96. The summed E-state index contributed by atoms with van der Waals surface area (Å²) >= 11 is 0. The van der Waals surface area contributed by atoms with Crippen molar-refractivity contribution < 1.29 is 9.59 Å². The molecule has 0 aromatic heterocycles. The van der Waals surface area contributed by atoms with Crippen molar-refractivity contribution in [3.8, 4) is 0 Å². The third-order valence-corrected chi connectivity index (χ3v) is 6.81. The zero-order chi connectivity index (χ0) is 21.1. The number of hydrogen-bond donors (Lipinski definition) is 0. The van der Waals surface area contributed by atoms with Gasteiger partial charge < -0.3 is 9.80 Å². The lowest BCUT2D eigenvalue weighted by atomic mass is 9.84. The van der Waals surface area contributed by atoms with Gasteiger partial charge in [-0.1, -0.05) is 18.6 Å². The van der Waals surface area contributed by atoms with Gasteiger partial charge in [0.25, 0.3) is 11.8 Å². The summed E-state index contributed by atoms with van der Waals surface area (Å²) in [5, 5.41) is 8.20. The molecule has 2 atom stereocenters. The summed E-state index contributed by atoms with van der Waals surface area (Å²) in [5.41, 5.74) is 3.83. The Bertz CT molecular complexity index is 876. The van der Waals surface area contributed by atoms with Gasteiger partial charge in [0.1, 0.15) is 0 Å². The number of rotatable bonds is 5. The Kier molecular flexibility index (Phi) is 6.42. The van der Waals surface area contributed by atoms with E-state index in [1.165, 1.54) is 12.8 Å². The molecule has 1 aromatic rings. The molecule has 0 saturated carbocycles. The normalized spacial score (nSPS) is 24.7. The van der Waals surface area contributed by atoms with Gasteiger partial charge >= 0.3 is 0 Å². The van der Waals surface area contributed by atoms with E-state index in [4.69, 9.17) is 0 Å². The van der Waals surface area contributed by atoms with E-state index < -0.39 is 0 Å². The number of nitrogens with zero attached hydrogens (tertiary/aromatic N) is 4. The maximum atomic E-state index is 13.1. The van der Waals surface area contributed by atoms with Crippen LogP contribution < -0.4 is 0 Å². The van der Waals surface area contributed by atoms with E-state index >= 15 is 0 Å². The highest BCUT2D eigenvalue weighted by Gasteiger charge is 2.29. The molecule has 6 heteroatoms. The third kappa shape index (κ3) is 4.53. The first kappa shape index (κ1) is 20.9. The summed E-state index contributed by atoms with van der Waals surface area (Å²) in [4.78, 5) is 29.3. The van der Waals surface area contributed by atoms with Crippen LogP contribution in [-0.2, 0) is 11.2 Å². The number of likely N-dealkylation sites (tertiary alicyclic amines) is 1. The average molecular weight is 409 g/mol. The number of likely N-dealkylation sites (N-methyl/N-ethyl adjacent to an activating group) is 2. The molecule has 0 bridgehead atoms. The Hall–Kier alpha value is -2.34. The Morgan fingerprint density at radius 2 is 2.03 bits per heavy atom. The predicted molar refractivity (Wildman–Crippen MR) is 117 cm³/mol. The van der Waals surface area contributed by atoms with Crippen LogP contribution in [0.5, 0.6) is 0 Å². The lowest BCUT2D eigenvalue weighted by Gasteiger charge is -2.35. The average Bonchev–Trinajstić information content (AvgIpc) is 2.77. The predicted octanol–water partition coefficient (Wildman–Crippen LogP) is 4.02. The summed E-state index contributed by atoms with van der Waals surface area (Å²) in [5.74, 6) is -0.0898. The molecule has 2 unspecified atom stereocenters. The molecule has 6 nitrogen and oxygen atoms in total. The molecule has 3 aliphatic rings. The minimum atomic E-state index is -0.154. The second kappa shape index (κ2) is 9.21. The number of azo groups is 1. The highest BCUT2D eigenvalue weighted by Crippen LogP contribution is 2.33. The fourth-order valence-corrected chi connectivity index (χ4v) is 5.01. The summed E-state index contributed by atoms with van der Waals surface area (Å²) < 4.78 is 0. The lowest BCUT2D eigenvalue weighted by molar-refractivity contribution is -0.115. The van der Waals surface area contributed by atoms with Gasteiger partial charge in [-0.3, -0.25) is 9.59 Å². The molecule has 2 aliphatic heterocycles. The minimum Gasteiger partial charge on any atom is -0.340 e. The summed E-state index contributed by atoms with van der Waals surface area (Å²) in [7, 11) is 4.05. The first-order valence-corrected chi connectivity index (χ1v) is 11.2. The minimum absolute atomic E-state index is 0.0637. The molecule has 0 radical (unpaired) electrons. The lowest BCUT2D eigenvalue weighted by Crippen LogP contribution is -2.45. The number of piperidine rings is 1. The van der Waals surface area contributed by atoms with Gasteiger partial charge in [0.05, 0.1) is 6.04 Å². The van der Waals surface area contributed by atoms with Gasteiger partial charge in [-0.15, -0.1) is 5.11 Å². The van der Waals surface area contributed by atoms with Crippen LogP contribution in [0, 0.1) is 0 Å². The molecule has 1 aromatic carbocycles. The van der Waals surface area contributed by atoms with Crippen molar-refractivity contribution in [2.24, 2.45) is 10.2 Å². The Morgan fingerprint density at radius 3 is 2.87 bits per heavy atom. The monoisotopic (exact) mass is 408 g/mol. The molecule has 4 rings (SSSR count). The first-order chi connectivity index (χ1) is 14.5. The van der Waals surface area contributed by atoms with E-state index in [9.17, 15) is 9.59 Å². The SMILES string of the molecule is CN(CC1CCCCN1C)C(=O)c1cccc(CC2N=NC(=O)C3=C2CCCC3)c1. The van der Waals surface area contributed by atoms with Crippen LogP contribution >= 0.6 is 0 Å². The van der Waals surface area contributed by atoms with Gasteiger partial charge in [-0.05, 0) is 75.4 Å². The largest absolute Gasteiger partial charge is 0.340 e. The Balaban J connectivity index is 1.44. The van der Waals surface area contributed by atoms with Crippen molar-refractivity contribution >= 4 is 11.8 Å². The van der Waals surface area contributed by atoms with Crippen molar-refractivity contribution in [1.82, 2.24) is 9.80 Å². The standard InChI is InChI=1S/C24H32N4O2/c1-27-13-6-5-10-19(27)16-28(2)24(30)18-9-7-8-17(14-18)15-22-20-11-3-4-12-21(20)23(29)26-25-22/h7-9,14,19,22H,3-6,10-13,15-16H2,1-2H3. The molecule has 160 valence electrons. The molecular weight excluding hydrogens is 376 g/mol. The van der Waals surface area contributed by atoms with Crippen LogP contribution in [0.15, 0.2) is 45.6 Å². The van der Waals surface area contributed by atoms with Gasteiger partial charge in [0.2, 0.25) is 0 Å². The number of benzene rings is 1. The van der Waals surface area contributed by atoms with Crippen LogP contribution in [0.1, 0.15) is 60.9 Å². The van der Waals surface area contributed by atoms with Crippen LogP contribution in [0.3, 0.4) is 0 Å². The molecule has 1 aliphatic carbocycles. The number of hydrogen-bond acceptors (Lipinski definition) is 4. The van der Waals surface area contributed by atoms with Gasteiger partial charge in [0, 0.05) is 37.2 Å². The van der Waals surface area contributed by atoms with Crippen LogP contribution in [0.4, 0.5) is 0 Å². The Labute approximate surface area is 179 Å². The topological polar surface area (TPSA) is 65.3 Å². The molecule has 1 fully saturated rings. The molecule has 1 saturated heterocycles. The number of carbonyl (C=O) groups excluding carboxylic acids is 2. The fraction of sp³-hybridized carbons (Fsp3) is 0.583.